The summed E-state index contributed by atoms with van der Waals surface area (Å²) in [7, 11) is 0. The molecule has 3 atom stereocenters. The van der Waals surface area contributed by atoms with Crippen molar-refractivity contribution >= 4 is 0 Å². The lowest BCUT2D eigenvalue weighted by molar-refractivity contribution is 0.417. The first-order chi connectivity index (χ1) is 9.41. The zero-order chi connectivity index (χ0) is 14.8. The molecule has 2 rings (SSSR count). The molecule has 20 heavy (non-hydrogen) atoms. The maximum Gasteiger partial charge on any atom is 0.0672 e. The van der Waals surface area contributed by atoms with E-state index < -0.39 is 0 Å². The molecule has 0 aromatic heterocycles. The van der Waals surface area contributed by atoms with Gasteiger partial charge in [0.15, 0.2) is 0 Å². The molecule has 0 radical (unpaired) electrons. The largest absolute Gasteiger partial charge is 0.306 e. The quantitative estimate of drug-likeness (QED) is 0.887. The molecule has 1 aliphatic rings. The molecule has 1 aliphatic carbocycles. The molecule has 3 unspecified atom stereocenters. The van der Waals surface area contributed by atoms with Crippen LogP contribution in [0, 0.1) is 17.2 Å². The summed E-state index contributed by atoms with van der Waals surface area (Å²) in [6.45, 7) is 8.90. The van der Waals surface area contributed by atoms with E-state index in [2.05, 4.69) is 63.3 Å². The van der Waals surface area contributed by atoms with Crippen molar-refractivity contribution in [2.24, 2.45) is 5.92 Å². The van der Waals surface area contributed by atoms with Gasteiger partial charge in [0.05, 0.1) is 12.0 Å². The maximum atomic E-state index is 9.16. The number of hydrogen-bond donors (Lipinski definition) is 1. The van der Waals surface area contributed by atoms with Crippen LogP contribution in [0.25, 0.3) is 0 Å². The van der Waals surface area contributed by atoms with Gasteiger partial charge >= 0.3 is 0 Å². The Morgan fingerprint density at radius 2 is 1.85 bits per heavy atom. The van der Waals surface area contributed by atoms with Gasteiger partial charge in [-0.05, 0) is 36.3 Å². The van der Waals surface area contributed by atoms with Crippen LogP contribution in [0.1, 0.15) is 64.1 Å². The van der Waals surface area contributed by atoms with Crippen molar-refractivity contribution in [1.29, 1.82) is 5.26 Å². The van der Waals surface area contributed by atoms with Crippen LogP contribution in [0.4, 0.5) is 0 Å². The Hall–Kier alpha value is -1.33. The van der Waals surface area contributed by atoms with Gasteiger partial charge in [-0.25, -0.2) is 0 Å². The van der Waals surface area contributed by atoms with Crippen molar-refractivity contribution in [2.75, 3.05) is 0 Å². The molecule has 1 N–H and O–H groups in total. The fourth-order valence-corrected chi connectivity index (χ4v) is 3.00. The van der Waals surface area contributed by atoms with E-state index in [4.69, 9.17) is 5.26 Å². The molecule has 2 heteroatoms. The lowest BCUT2D eigenvalue weighted by Gasteiger charge is -2.23. The summed E-state index contributed by atoms with van der Waals surface area (Å²) in [5, 5.41) is 12.8. The molecular formula is C18H26N2. The first kappa shape index (κ1) is 15.1. The van der Waals surface area contributed by atoms with Crippen molar-refractivity contribution in [3.05, 3.63) is 35.4 Å². The van der Waals surface area contributed by atoms with Crippen molar-refractivity contribution < 1.29 is 0 Å². The van der Waals surface area contributed by atoms with Gasteiger partial charge in [0.25, 0.3) is 0 Å². The number of benzene rings is 1. The first-order valence-electron chi connectivity index (χ1n) is 7.68. The van der Waals surface area contributed by atoms with Gasteiger partial charge < -0.3 is 5.32 Å². The highest BCUT2D eigenvalue weighted by molar-refractivity contribution is 5.29. The molecule has 1 saturated carbocycles. The van der Waals surface area contributed by atoms with Crippen molar-refractivity contribution in [3.63, 3.8) is 0 Å². The minimum Gasteiger partial charge on any atom is -0.306 e. The molecule has 0 amide bonds. The van der Waals surface area contributed by atoms with Crippen LogP contribution < -0.4 is 5.32 Å². The molecule has 0 heterocycles. The predicted molar refractivity (Wildman–Crippen MR) is 83.4 cm³/mol. The summed E-state index contributed by atoms with van der Waals surface area (Å²) < 4.78 is 0. The molecule has 0 aliphatic heterocycles. The highest BCUT2D eigenvalue weighted by Crippen LogP contribution is 2.28. The molecule has 2 nitrogen and oxygen atoms in total. The zero-order valence-electron chi connectivity index (χ0n) is 13.1. The number of rotatable bonds is 3. The number of nitrogens with one attached hydrogen (secondary N) is 1. The van der Waals surface area contributed by atoms with Gasteiger partial charge in [-0.2, -0.15) is 5.26 Å². The predicted octanol–water partition coefficient (Wildman–Crippen LogP) is 4.33. The Bertz CT molecular complexity index is 476. The van der Waals surface area contributed by atoms with Gasteiger partial charge in [-0.1, -0.05) is 51.5 Å². The molecule has 0 bridgehead atoms. The van der Waals surface area contributed by atoms with E-state index in [0.717, 1.165) is 12.8 Å². The van der Waals surface area contributed by atoms with Crippen LogP contribution in [-0.2, 0) is 5.41 Å². The van der Waals surface area contributed by atoms with Crippen molar-refractivity contribution in [2.45, 2.75) is 64.5 Å². The normalized spacial score (nSPS) is 24.4. The minimum absolute atomic E-state index is 0.186. The summed E-state index contributed by atoms with van der Waals surface area (Å²) in [5.74, 6) is 0.186. The van der Waals surface area contributed by atoms with Crippen LogP contribution in [0.15, 0.2) is 24.3 Å². The summed E-state index contributed by atoms with van der Waals surface area (Å²) >= 11 is 0. The van der Waals surface area contributed by atoms with Gasteiger partial charge in [0.1, 0.15) is 0 Å². The van der Waals surface area contributed by atoms with Gasteiger partial charge in [-0.15, -0.1) is 0 Å². The van der Waals surface area contributed by atoms with Gasteiger partial charge in [0, 0.05) is 12.1 Å². The molecule has 1 aromatic rings. The summed E-state index contributed by atoms with van der Waals surface area (Å²) in [4.78, 5) is 0. The van der Waals surface area contributed by atoms with E-state index in [9.17, 15) is 0 Å². The number of hydrogen-bond acceptors (Lipinski definition) is 2. The second-order valence-corrected chi connectivity index (χ2v) is 7.03. The Morgan fingerprint density at radius 1 is 1.20 bits per heavy atom. The van der Waals surface area contributed by atoms with Crippen LogP contribution in [0.5, 0.6) is 0 Å². The van der Waals surface area contributed by atoms with E-state index in [-0.39, 0.29) is 11.3 Å². The minimum atomic E-state index is 0.186. The monoisotopic (exact) mass is 270 g/mol. The zero-order valence-corrected chi connectivity index (χ0v) is 13.1. The second kappa shape index (κ2) is 5.97. The highest BCUT2D eigenvalue weighted by atomic mass is 15.0. The van der Waals surface area contributed by atoms with Gasteiger partial charge in [0.2, 0.25) is 0 Å². The highest BCUT2D eigenvalue weighted by Gasteiger charge is 2.28. The Kier molecular flexibility index (Phi) is 4.50. The number of nitriles is 1. The van der Waals surface area contributed by atoms with Crippen LogP contribution in [0.3, 0.4) is 0 Å². The van der Waals surface area contributed by atoms with E-state index in [0.29, 0.717) is 12.1 Å². The van der Waals surface area contributed by atoms with Crippen LogP contribution >= 0.6 is 0 Å². The van der Waals surface area contributed by atoms with Crippen molar-refractivity contribution in [1.82, 2.24) is 5.32 Å². The fourth-order valence-electron chi connectivity index (χ4n) is 3.00. The summed E-state index contributed by atoms with van der Waals surface area (Å²) in [6, 6.07) is 12.0. The molecule has 108 valence electrons. The average molecular weight is 270 g/mol. The smallest absolute Gasteiger partial charge is 0.0672 e. The summed E-state index contributed by atoms with van der Waals surface area (Å²) in [6.07, 6.45) is 3.35. The average Bonchev–Trinajstić information content (AvgIpc) is 2.85. The van der Waals surface area contributed by atoms with E-state index in [1.54, 1.807) is 0 Å². The lowest BCUT2D eigenvalue weighted by atomic mass is 9.86. The molecule has 1 aromatic carbocycles. The molecule has 0 spiro atoms. The molecule has 0 saturated heterocycles. The lowest BCUT2D eigenvalue weighted by Crippen LogP contribution is -2.33. The topological polar surface area (TPSA) is 35.8 Å². The maximum absolute atomic E-state index is 9.16. The first-order valence-corrected chi connectivity index (χ1v) is 7.68. The Balaban J connectivity index is 2.03. The van der Waals surface area contributed by atoms with E-state index in [1.807, 2.05) is 0 Å². The fraction of sp³-hybridized carbons (Fsp3) is 0.611. The Labute approximate surface area is 123 Å². The third-order valence-corrected chi connectivity index (χ3v) is 4.42. The van der Waals surface area contributed by atoms with E-state index in [1.165, 1.54) is 17.5 Å². The number of nitrogens with zero attached hydrogens (tertiary/aromatic N) is 1. The third kappa shape index (κ3) is 3.41. The van der Waals surface area contributed by atoms with Gasteiger partial charge in [-0.3, -0.25) is 0 Å². The summed E-state index contributed by atoms with van der Waals surface area (Å²) in [5.41, 5.74) is 2.87. The van der Waals surface area contributed by atoms with Crippen LogP contribution in [-0.4, -0.2) is 6.04 Å². The van der Waals surface area contributed by atoms with E-state index >= 15 is 0 Å². The Morgan fingerprint density at radius 3 is 2.40 bits per heavy atom. The SMILES string of the molecule is CC(NC1CCCC1C#N)c1ccc(C(C)(C)C)cc1. The molecular weight excluding hydrogens is 244 g/mol. The third-order valence-electron chi connectivity index (χ3n) is 4.42. The second-order valence-electron chi connectivity index (χ2n) is 7.03. The molecule has 1 fully saturated rings. The standard InChI is InChI=1S/C18H26N2/c1-13(20-17-7-5-6-15(17)12-19)14-8-10-16(11-9-14)18(2,3)4/h8-11,13,15,17,20H,5-7H2,1-4H3. The van der Waals surface area contributed by atoms with Crippen molar-refractivity contribution in [3.8, 4) is 6.07 Å². The van der Waals surface area contributed by atoms with Crippen LogP contribution in [0.2, 0.25) is 0 Å².